The van der Waals surface area contributed by atoms with Gasteiger partial charge in [-0.25, -0.2) is 9.00 Å². The fourth-order valence-electron chi connectivity index (χ4n) is 1.31. The number of rotatable bonds is 3. The molecular formula is C12H10N2O3S. The predicted octanol–water partition coefficient (Wildman–Crippen LogP) is 0.842. The lowest BCUT2D eigenvalue weighted by molar-refractivity contribution is 0.688. The minimum absolute atomic E-state index is 0.249. The van der Waals surface area contributed by atoms with E-state index in [1.165, 1.54) is 17.7 Å². The molecule has 92 valence electrons. The summed E-state index contributed by atoms with van der Waals surface area (Å²) in [6.07, 6.45) is 2.69. The predicted molar refractivity (Wildman–Crippen MR) is 69.6 cm³/mol. The summed E-state index contributed by atoms with van der Waals surface area (Å²) in [5.41, 5.74) is -0.833. The molecule has 0 amide bonds. The van der Waals surface area contributed by atoms with Crippen LogP contribution in [0.3, 0.4) is 0 Å². The second-order valence-electron chi connectivity index (χ2n) is 3.44. The summed E-state index contributed by atoms with van der Waals surface area (Å²) < 4.78 is 11.8. The molecule has 1 atom stereocenters. The lowest BCUT2D eigenvalue weighted by atomic mass is 10.3. The molecule has 1 aromatic heterocycles. The summed E-state index contributed by atoms with van der Waals surface area (Å²) in [5.74, 6) is 0. The summed E-state index contributed by atoms with van der Waals surface area (Å²) in [6, 6.07) is 8.87. The summed E-state index contributed by atoms with van der Waals surface area (Å²) in [4.78, 5) is 27.2. The van der Waals surface area contributed by atoms with Crippen molar-refractivity contribution in [3.8, 4) is 0 Å². The molecule has 2 aromatic rings. The molecule has 5 nitrogen and oxygen atoms in total. The maximum atomic E-state index is 11.8. The molecule has 0 aliphatic rings. The van der Waals surface area contributed by atoms with Crippen molar-refractivity contribution in [2.24, 2.45) is 0 Å². The Hall–Kier alpha value is -2.21. The van der Waals surface area contributed by atoms with E-state index < -0.39 is 22.0 Å². The fourth-order valence-corrected chi connectivity index (χ4v) is 2.17. The smallest absolute Gasteiger partial charge is 0.314 e. The molecular weight excluding hydrogens is 252 g/mol. The molecule has 1 unspecified atom stereocenters. The van der Waals surface area contributed by atoms with Gasteiger partial charge in [-0.3, -0.25) is 9.78 Å². The van der Waals surface area contributed by atoms with E-state index in [1.807, 2.05) is 6.07 Å². The van der Waals surface area contributed by atoms with E-state index in [1.54, 1.807) is 24.3 Å². The number of nitrogens with one attached hydrogen (secondary N) is 2. The zero-order chi connectivity index (χ0) is 13.0. The Bertz CT molecular complexity index is 701. The first kappa shape index (κ1) is 12.3. The third-order valence-corrected chi connectivity index (χ3v) is 3.31. The molecule has 0 fully saturated rings. The standard InChI is InChI=1S/C12H10N2O3S/c15-11-9(8-13-12(16)14-11)6-7-18(17)10-4-2-1-3-5-10/h1-8H,(H2,13,14,15,16)/b7-6+. The first-order chi connectivity index (χ1) is 8.66. The molecule has 1 heterocycles. The summed E-state index contributed by atoms with van der Waals surface area (Å²) in [6.45, 7) is 0. The van der Waals surface area contributed by atoms with E-state index in [4.69, 9.17) is 0 Å². The minimum atomic E-state index is -1.32. The zero-order valence-electron chi connectivity index (χ0n) is 9.25. The molecule has 0 aliphatic carbocycles. The lowest BCUT2D eigenvalue weighted by Crippen LogP contribution is -2.22. The third kappa shape index (κ3) is 2.92. The van der Waals surface area contributed by atoms with Gasteiger partial charge >= 0.3 is 5.69 Å². The van der Waals surface area contributed by atoms with Crippen molar-refractivity contribution < 1.29 is 4.21 Å². The highest BCUT2D eigenvalue weighted by atomic mass is 32.2. The van der Waals surface area contributed by atoms with Crippen LogP contribution in [0, 0.1) is 0 Å². The normalized spacial score (nSPS) is 12.7. The van der Waals surface area contributed by atoms with Crippen LogP contribution in [0.15, 0.2) is 56.4 Å². The van der Waals surface area contributed by atoms with Gasteiger partial charge in [0.05, 0.1) is 16.4 Å². The SMILES string of the molecule is O=c1[nH]cc(/C=C/S(=O)c2ccccc2)c(=O)[nH]1. The topological polar surface area (TPSA) is 82.8 Å². The largest absolute Gasteiger partial charge is 0.325 e. The molecule has 0 radical (unpaired) electrons. The van der Waals surface area contributed by atoms with Gasteiger partial charge in [-0.05, 0) is 18.2 Å². The van der Waals surface area contributed by atoms with Crippen molar-refractivity contribution in [3.05, 3.63) is 68.3 Å². The van der Waals surface area contributed by atoms with E-state index in [0.717, 1.165) is 0 Å². The highest BCUT2D eigenvalue weighted by Gasteiger charge is 1.99. The van der Waals surface area contributed by atoms with Crippen molar-refractivity contribution in [2.45, 2.75) is 4.90 Å². The van der Waals surface area contributed by atoms with Crippen molar-refractivity contribution in [3.63, 3.8) is 0 Å². The Balaban J connectivity index is 2.24. The number of H-pyrrole nitrogens is 2. The van der Waals surface area contributed by atoms with Gasteiger partial charge in [-0.2, -0.15) is 0 Å². The zero-order valence-corrected chi connectivity index (χ0v) is 10.1. The quantitative estimate of drug-likeness (QED) is 0.860. The summed E-state index contributed by atoms with van der Waals surface area (Å²) in [7, 11) is -1.32. The number of benzene rings is 1. The van der Waals surface area contributed by atoms with Crippen molar-refractivity contribution in [1.29, 1.82) is 0 Å². The monoisotopic (exact) mass is 262 g/mol. The van der Waals surface area contributed by atoms with Gasteiger partial charge in [0.25, 0.3) is 5.56 Å². The maximum absolute atomic E-state index is 11.8. The average molecular weight is 262 g/mol. The Kier molecular flexibility index (Phi) is 3.69. The van der Waals surface area contributed by atoms with Gasteiger partial charge in [0.2, 0.25) is 0 Å². The van der Waals surface area contributed by atoms with E-state index >= 15 is 0 Å². The summed E-state index contributed by atoms with van der Waals surface area (Å²) >= 11 is 0. The molecule has 2 rings (SSSR count). The molecule has 0 saturated carbocycles. The van der Waals surface area contributed by atoms with Crippen molar-refractivity contribution in [1.82, 2.24) is 9.97 Å². The Morgan fingerprint density at radius 3 is 2.50 bits per heavy atom. The van der Waals surface area contributed by atoms with Crippen LogP contribution in [-0.4, -0.2) is 14.2 Å². The Morgan fingerprint density at radius 2 is 1.83 bits per heavy atom. The van der Waals surface area contributed by atoms with E-state index in [0.29, 0.717) is 4.90 Å². The van der Waals surface area contributed by atoms with Crippen LogP contribution in [-0.2, 0) is 10.8 Å². The molecule has 0 saturated heterocycles. The van der Waals surface area contributed by atoms with Crippen LogP contribution in [0.2, 0.25) is 0 Å². The first-order valence-electron chi connectivity index (χ1n) is 5.12. The van der Waals surface area contributed by atoms with Crippen LogP contribution < -0.4 is 11.2 Å². The highest BCUT2D eigenvalue weighted by Crippen LogP contribution is 2.07. The molecule has 0 bridgehead atoms. The number of hydrogen-bond acceptors (Lipinski definition) is 3. The number of aromatic amines is 2. The maximum Gasteiger partial charge on any atom is 0.325 e. The summed E-state index contributed by atoms with van der Waals surface area (Å²) in [5, 5.41) is 1.40. The second-order valence-corrected chi connectivity index (χ2v) is 4.78. The van der Waals surface area contributed by atoms with Crippen LogP contribution in [0.5, 0.6) is 0 Å². The van der Waals surface area contributed by atoms with Crippen molar-refractivity contribution in [2.75, 3.05) is 0 Å². The lowest BCUT2D eigenvalue weighted by Gasteiger charge is -1.95. The first-order valence-corrected chi connectivity index (χ1v) is 6.34. The van der Waals surface area contributed by atoms with Gasteiger partial charge in [0.15, 0.2) is 0 Å². The molecule has 1 aromatic carbocycles. The number of aromatic nitrogens is 2. The van der Waals surface area contributed by atoms with Crippen LogP contribution in [0.1, 0.15) is 5.56 Å². The van der Waals surface area contributed by atoms with E-state index in [-0.39, 0.29) is 5.56 Å². The Labute approximate surface area is 105 Å². The molecule has 0 aliphatic heterocycles. The van der Waals surface area contributed by atoms with E-state index in [2.05, 4.69) is 9.97 Å². The molecule has 2 N–H and O–H groups in total. The van der Waals surface area contributed by atoms with Gasteiger partial charge in [0.1, 0.15) is 0 Å². The molecule has 0 spiro atoms. The molecule has 18 heavy (non-hydrogen) atoms. The highest BCUT2D eigenvalue weighted by molar-refractivity contribution is 7.88. The van der Waals surface area contributed by atoms with Gasteiger partial charge < -0.3 is 4.98 Å². The van der Waals surface area contributed by atoms with Crippen LogP contribution >= 0.6 is 0 Å². The van der Waals surface area contributed by atoms with Gasteiger partial charge in [-0.1, -0.05) is 18.2 Å². The van der Waals surface area contributed by atoms with Gasteiger partial charge in [0, 0.05) is 16.5 Å². The van der Waals surface area contributed by atoms with E-state index in [9.17, 15) is 13.8 Å². The van der Waals surface area contributed by atoms with Crippen LogP contribution in [0.25, 0.3) is 6.08 Å². The minimum Gasteiger partial charge on any atom is -0.314 e. The second kappa shape index (κ2) is 5.42. The number of hydrogen-bond donors (Lipinski definition) is 2. The van der Waals surface area contributed by atoms with Crippen molar-refractivity contribution >= 4 is 16.9 Å². The third-order valence-electron chi connectivity index (χ3n) is 2.19. The molecule has 6 heteroatoms. The fraction of sp³-hybridized carbons (Fsp3) is 0. The Morgan fingerprint density at radius 1 is 1.11 bits per heavy atom. The van der Waals surface area contributed by atoms with Crippen LogP contribution in [0.4, 0.5) is 0 Å². The average Bonchev–Trinajstić information content (AvgIpc) is 2.38. The van der Waals surface area contributed by atoms with Gasteiger partial charge in [-0.15, -0.1) is 0 Å².